The van der Waals surface area contributed by atoms with E-state index < -0.39 is 12.2 Å². The molecule has 0 bridgehead atoms. The first-order chi connectivity index (χ1) is 8.24. The highest BCUT2D eigenvalue weighted by atomic mass is 17.2. The van der Waals surface area contributed by atoms with Gasteiger partial charge in [0.2, 0.25) is 0 Å². The van der Waals surface area contributed by atoms with Crippen molar-refractivity contribution in [1.82, 2.24) is 10.6 Å². The topological polar surface area (TPSA) is 72.0 Å². The number of likely N-dealkylation sites (N-methyl/N-ethyl adjacent to an activating group) is 2. The molecule has 1 aliphatic heterocycles. The summed E-state index contributed by atoms with van der Waals surface area (Å²) in [4.78, 5) is 10.3. The predicted octanol–water partition coefficient (Wildman–Crippen LogP) is -0.372. The monoisotopic (exact) mass is 248 g/mol. The summed E-state index contributed by atoms with van der Waals surface area (Å²) in [5, 5.41) is 16.3. The number of nitrogens with one attached hydrogen (secondary N) is 2. The predicted molar refractivity (Wildman–Crippen MR) is 63.4 cm³/mol. The van der Waals surface area contributed by atoms with E-state index in [1.807, 2.05) is 6.92 Å². The zero-order valence-corrected chi connectivity index (χ0v) is 10.8. The Morgan fingerprint density at radius 2 is 2.00 bits per heavy atom. The van der Waals surface area contributed by atoms with Crippen molar-refractivity contribution in [2.24, 2.45) is 0 Å². The lowest BCUT2D eigenvalue weighted by molar-refractivity contribution is -0.357. The van der Waals surface area contributed by atoms with Gasteiger partial charge in [0.25, 0.3) is 0 Å². The van der Waals surface area contributed by atoms with Crippen LogP contribution in [0.25, 0.3) is 0 Å². The van der Waals surface area contributed by atoms with E-state index in [9.17, 15) is 5.11 Å². The van der Waals surface area contributed by atoms with Crippen LogP contribution in [0.5, 0.6) is 0 Å². The van der Waals surface area contributed by atoms with Crippen molar-refractivity contribution in [2.75, 3.05) is 27.3 Å². The van der Waals surface area contributed by atoms with Crippen LogP contribution in [0.15, 0.2) is 0 Å². The lowest BCUT2D eigenvalue weighted by Crippen LogP contribution is -2.56. The minimum Gasteiger partial charge on any atom is -0.387 e. The first-order valence-corrected chi connectivity index (χ1v) is 6.17. The molecule has 0 amide bonds. The third-order valence-corrected chi connectivity index (χ3v) is 2.94. The summed E-state index contributed by atoms with van der Waals surface area (Å²) >= 11 is 0. The summed E-state index contributed by atoms with van der Waals surface area (Å²) in [6, 6.07) is 0. The smallest absolute Gasteiger partial charge is 0.121 e. The van der Waals surface area contributed by atoms with Crippen LogP contribution in [0.2, 0.25) is 0 Å². The molecule has 17 heavy (non-hydrogen) atoms. The van der Waals surface area contributed by atoms with Gasteiger partial charge in [-0.3, -0.25) is 0 Å². The molecule has 102 valence electrons. The Morgan fingerprint density at radius 1 is 1.29 bits per heavy atom. The van der Waals surface area contributed by atoms with E-state index in [1.54, 1.807) is 14.1 Å². The van der Waals surface area contributed by atoms with E-state index in [-0.39, 0.29) is 12.3 Å². The highest BCUT2D eigenvalue weighted by Crippen LogP contribution is 2.17. The van der Waals surface area contributed by atoms with Gasteiger partial charge in [-0.25, -0.2) is 9.78 Å². The van der Waals surface area contributed by atoms with E-state index in [2.05, 4.69) is 10.6 Å². The van der Waals surface area contributed by atoms with E-state index in [0.717, 1.165) is 12.8 Å². The fraction of sp³-hybridized carbons (Fsp3) is 1.00. The molecule has 1 fully saturated rings. The van der Waals surface area contributed by atoms with Crippen LogP contribution in [0, 0.1) is 0 Å². The third kappa shape index (κ3) is 4.17. The van der Waals surface area contributed by atoms with Gasteiger partial charge < -0.3 is 20.5 Å². The van der Waals surface area contributed by atoms with Crippen LogP contribution in [0.4, 0.5) is 0 Å². The van der Waals surface area contributed by atoms with Crippen molar-refractivity contribution < 1.29 is 19.6 Å². The molecule has 0 spiro atoms. The summed E-state index contributed by atoms with van der Waals surface area (Å²) in [5.74, 6) is 0. The summed E-state index contributed by atoms with van der Waals surface area (Å²) < 4.78 is 5.70. The van der Waals surface area contributed by atoms with Gasteiger partial charge in [0, 0.05) is 6.61 Å². The van der Waals surface area contributed by atoms with Crippen molar-refractivity contribution >= 4 is 0 Å². The molecule has 3 N–H and O–H groups in total. The molecule has 0 aromatic rings. The number of aliphatic hydroxyl groups excluding tert-OH is 1. The second-order valence-corrected chi connectivity index (χ2v) is 4.10. The maximum Gasteiger partial charge on any atom is 0.121 e. The third-order valence-electron chi connectivity index (χ3n) is 2.94. The molecule has 2 unspecified atom stereocenters. The largest absolute Gasteiger partial charge is 0.387 e. The second-order valence-electron chi connectivity index (χ2n) is 4.10. The first-order valence-electron chi connectivity index (χ1n) is 6.17. The maximum atomic E-state index is 10.3. The molecule has 6 nitrogen and oxygen atoms in total. The quantitative estimate of drug-likeness (QED) is 0.455. The number of ether oxygens (including phenoxy) is 1. The molecule has 1 saturated heterocycles. The first kappa shape index (κ1) is 14.8. The van der Waals surface area contributed by atoms with Gasteiger partial charge in [-0.1, -0.05) is 6.92 Å². The molecular weight excluding hydrogens is 224 g/mol. The molecule has 1 aliphatic rings. The Bertz CT molecular complexity index is 202. The highest BCUT2D eigenvalue weighted by molar-refractivity contribution is 4.84. The van der Waals surface area contributed by atoms with Gasteiger partial charge in [-0.2, -0.15) is 0 Å². The van der Waals surface area contributed by atoms with Crippen molar-refractivity contribution in [1.29, 1.82) is 0 Å². The van der Waals surface area contributed by atoms with E-state index >= 15 is 0 Å². The fourth-order valence-electron chi connectivity index (χ4n) is 1.93. The number of hydrogen-bond donors (Lipinski definition) is 3. The average molecular weight is 248 g/mol. The Morgan fingerprint density at radius 3 is 2.59 bits per heavy atom. The minimum absolute atomic E-state index is 0.239. The van der Waals surface area contributed by atoms with Crippen molar-refractivity contribution in [3.05, 3.63) is 0 Å². The summed E-state index contributed by atoms with van der Waals surface area (Å²) in [5.41, 5.74) is 0. The average Bonchev–Trinajstić information content (AvgIpc) is 2.30. The molecule has 1 rings (SSSR count). The van der Waals surface area contributed by atoms with Crippen molar-refractivity contribution in [2.45, 2.75) is 44.2 Å². The summed E-state index contributed by atoms with van der Waals surface area (Å²) in [6.45, 7) is 3.08. The van der Waals surface area contributed by atoms with E-state index in [0.29, 0.717) is 13.2 Å². The van der Waals surface area contributed by atoms with Gasteiger partial charge in [0.1, 0.15) is 18.3 Å². The van der Waals surface area contributed by atoms with Gasteiger partial charge in [0.05, 0.1) is 12.8 Å². The van der Waals surface area contributed by atoms with Crippen LogP contribution < -0.4 is 10.6 Å². The Hall–Kier alpha value is -0.240. The summed E-state index contributed by atoms with van der Waals surface area (Å²) in [6.07, 6.45) is -0.0980. The molecule has 0 aromatic carbocycles. The van der Waals surface area contributed by atoms with Crippen LogP contribution >= 0.6 is 0 Å². The number of aliphatic hydroxyl groups is 1. The minimum atomic E-state index is -0.698. The van der Waals surface area contributed by atoms with Crippen LogP contribution in [0.3, 0.4) is 0 Å². The normalized spacial score (nSPS) is 28.8. The van der Waals surface area contributed by atoms with Crippen LogP contribution in [-0.4, -0.2) is 56.9 Å². The molecule has 0 saturated carbocycles. The molecular formula is C11H24N2O4. The fourth-order valence-corrected chi connectivity index (χ4v) is 1.93. The van der Waals surface area contributed by atoms with Gasteiger partial charge in [-0.05, 0) is 26.9 Å². The lowest BCUT2D eigenvalue weighted by atomic mass is 10.0. The number of rotatable bonds is 5. The Balaban J connectivity index is 2.66. The Kier molecular flexibility index (Phi) is 6.94. The summed E-state index contributed by atoms with van der Waals surface area (Å²) in [7, 11) is 3.57. The SMILES string of the molecule is CCC1OOCCCOC1[C@@H](O)C(NC)NC. The highest BCUT2D eigenvalue weighted by Gasteiger charge is 2.34. The maximum absolute atomic E-state index is 10.3. The molecule has 0 aliphatic carbocycles. The van der Waals surface area contributed by atoms with Crippen LogP contribution in [-0.2, 0) is 14.5 Å². The molecule has 0 aromatic heterocycles. The lowest BCUT2D eigenvalue weighted by Gasteiger charge is -2.34. The number of hydrogen-bond acceptors (Lipinski definition) is 6. The van der Waals surface area contributed by atoms with E-state index in [1.165, 1.54) is 0 Å². The van der Waals surface area contributed by atoms with E-state index in [4.69, 9.17) is 14.5 Å². The van der Waals surface area contributed by atoms with Crippen LogP contribution in [0.1, 0.15) is 19.8 Å². The van der Waals surface area contributed by atoms with Gasteiger partial charge >= 0.3 is 0 Å². The second kappa shape index (κ2) is 7.97. The molecule has 3 atom stereocenters. The van der Waals surface area contributed by atoms with Gasteiger partial charge in [-0.15, -0.1) is 0 Å². The van der Waals surface area contributed by atoms with Gasteiger partial charge in [0.15, 0.2) is 0 Å². The molecule has 1 heterocycles. The zero-order valence-electron chi connectivity index (χ0n) is 10.8. The van der Waals surface area contributed by atoms with Crippen molar-refractivity contribution in [3.63, 3.8) is 0 Å². The Labute approximate surface area is 103 Å². The molecule has 0 radical (unpaired) electrons. The zero-order chi connectivity index (χ0) is 12.7. The molecule has 6 heteroatoms. The standard InChI is InChI=1S/C11H24N2O4/c1-4-8-10(9(14)11(12-2)13-3)15-6-5-7-16-17-8/h8-14H,4-7H2,1-3H3/t8?,9-,10?/m1/s1. The van der Waals surface area contributed by atoms with Crippen molar-refractivity contribution in [3.8, 4) is 0 Å².